The third kappa shape index (κ3) is 3.56. The van der Waals surface area contributed by atoms with Crippen LogP contribution in [0.5, 0.6) is 0 Å². The molecule has 2 atom stereocenters. The summed E-state index contributed by atoms with van der Waals surface area (Å²) in [4.78, 5) is 32.0. The number of pyridine rings is 1. The van der Waals surface area contributed by atoms with Gasteiger partial charge in [-0.3, -0.25) is 9.78 Å². The summed E-state index contributed by atoms with van der Waals surface area (Å²) in [7, 11) is 0. The second kappa shape index (κ2) is 7.90. The number of fused-ring (bicyclic) bond motifs is 3. The highest BCUT2D eigenvalue weighted by Gasteiger charge is 2.45. The van der Waals surface area contributed by atoms with Crippen molar-refractivity contribution >= 4 is 22.6 Å². The maximum absolute atomic E-state index is 13.2. The van der Waals surface area contributed by atoms with Gasteiger partial charge in [0.25, 0.3) is 0 Å². The summed E-state index contributed by atoms with van der Waals surface area (Å²) in [6.45, 7) is 0.282. The van der Waals surface area contributed by atoms with E-state index in [4.69, 9.17) is 4.74 Å². The van der Waals surface area contributed by atoms with Gasteiger partial charge in [-0.2, -0.15) is 0 Å². The van der Waals surface area contributed by atoms with Crippen molar-refractivity contribution in [1.29, 1.82) is 0 Å². The number of Topliss-reactive ketones (excluding diaryl/α,β-unsaturated/α-hetero) is 1. The zero-order chi connectivity index (χ0) is 20.5. The molecule has 2 aliphatic heterocycles. The first-order valence-corrected chi connectivity index (χ1v) is 10.6. The first-order chi connectivity index (χ1) is 14.7. The number of ketones is 1. The van der Waals surface area contributed by atoms with E-state index in [0.29, 0.717) is 12.8 Å². The normalized spacial score (nSPS) is 22.8. The van der Waals surface area contributed by atoms with Gasteiger partial charge in [-0.15, -0.1) is 0 Å². The molecule has 2 saturated heterocycles. The van der Waals surface area contributed by atoms with Gasteiger partial charge < -0.3 is 9.64 Å². The molecule has 30 heavy (non-hydrogen) atoms. The van der Waals surface area contributed by atoms with Crippen LogP contribution in [-0.4, -0.2) is 33.8 Å². The van der Waals surface area contributed by atoms with Crippen LogP contribution >= 0.6 is 0 Å². The molecule has 2 fully saturated rings. The second-order valence-electron chi connectivity index (χ2n) is 8.30. The molecule has 5 nitrogen and oxygen atoms in total. The van der Waals surface area contributed by atoms with Gasteiger partial charge in [0, 0.05) is 41.3 Å². The Morgan fingerprint density at radius 1 is 0.967 bits per heavy atom. The summed E-state index contributed by atoms with van der Waals surface area (Å²) >= 11 is 0. The highest BCUT2D eigenvalue weighted by atomic mass is 16.6. The minimum absolute atomic E-state index is 0.0417. The van der Waals surface area contributed by atoms with E-state index in [-0.39, 0.29) is 36.5 Å². The minimum atomic E-state index is -0.254. The van der Waals surface area contributed by atoms with E-state index in [9.17, 15) is 9.59 Å². The van der Waals surface area contributed by atoms with E-state index >= 15 is 0 Å². The number of carbonyl (C=O) groups excluding carboxylic acids is 2. The van der Waals surface area contributed by atoms with Gasteiger partial charge >= 0.3 is 6.09 Å². The number of carbonyl (C=O) groups is 2. The molecular formula is C25H24N2O3. The molecule has 3 heterocycles. The number of rotatable bonds is 4. The number of hydrogen-bond donors (Lipinski definition) is 0. The molecule has 5 rings (SSSR count). The largest absolute Gasteiger partial charge is 0.445 e. The van der Waals surface area contributed by atoms with Crippen molar-refractivity contribution < 1.29 is 14.3 Å². The van der Waals surface area contributed by atoms with Gasteiger partial charge in [0.2, 0.25) is 0 Å². The van der Waals surface area contributed by atoms with Crippen LogP contribution in [0.15, 0.2) is 67.0 Å². The molecule has 2 aromatic carbocycles. The molecule has 0 radical (unpaired) electrons. The molecule has 3 aromatic rings. The third-order valence-electron chi connectivity index (χ3n) is 6.44. The summed E-state index contributed by atoms with van der Waals surface area (Å²) < 4.78 is 5.57. The Labute approximate surface area is 175 Å². The van der Waals surface area contributed by atoms with Crippen molar-refractivity contribution in [3.8, 4) is 0 Å². The molecule has 0 saturated carbocycles. The fourth-order valence-corrected chi connectivity index (χ4v) is 4.96. The molecular weight excluding hydrogens is 376 g/mol. The van der Waals surface area contributed by atoms with Gasteiger partial charge in [-0.05, 0) is 48.8 Å². The number of aromatic nitrogens is 1. The molecule has 2 bridgehead atoms. The van der Waals surface area contributed by atoms with Crippen molar-refractivity contribution in [1.82, 2.24) is 9.88 Å². The summed E-state index contributed by atoms with van der Waals surface area (Å²) in [5.41, 5.74) is 1.73. The number of nitrogens with zero attached hydrogens (tertiary/aromatic N) is 2. The minimum Gasteiger partial charge on any atom is -0.445 e. The Kier molecular flexibility index (Phi) is 4.95. The number of ether oxygens (including phenoxy) is 1. The number of amides is 1. The SMILES string of the molecule is O=C(c1ccc2cnccc2c1)C1CC2CCC(C1)N2C(=O)OCc1ccccc1. The van der Waals surface area contributed by atoms with Crippen LogP contribution in [0.1, 0.15) is 41.6 Å². The van der Waals surface area contributed by atoms with E-state index in [1.54, 1.807) is 6.20 Å². The van der Waals surface area contributed by atoms with Crippen LogP contribution in [-0.2, 0) is 11.3 Å². The van der Waals surface area contributed by atoms with Crippen LogP contribution in [0.3, 0.4) is 0 Å². The van der Waals surface area contributed by atoms with Crippen molar-refractivity contribution in [3.05, 3.63) is 78.1 Å². The van der Waals surface area contributed by atoms with Crippen molar-refractivity contribution in [2.24, 2.45) is 5.92 Å². The van der Waals surface area contributed by atoms with Crippen LogP contribution in [0, 0.1) is 5.92 Å². The predicted octanol–water partition coefficient (Wildman–Crippen LogP) is 5.00. The molecule has 0 aliphatic carbocycles. The molecule has 152 valence electrons. The van der Waals surface area contributed by atoms with Crippen LogP contribution < -0.4 is 0 Å². The highest BCUT2D eigenvalue weighted by molar-refractivity contribution is 6.01. The molecule has 5 heteroatoms. The zero-order valence-corrected chi connectivity index (χ0v) is 16.7. The fourth-order valence-electron chi connectivity index (χ4n) is 4.96. The summed E-state index contributed by atoms with van der Waals surface area (Å²) in [5.74, 6) is 0.142. The van der Waals surface area contributed by atoms with Crippen LogP contribution in [0.25, 0.3) is 10.8 Å². The average molecular weight is 400 g/mol. The van der Waals surface area contributed by atoms with Gasteiger partial charge in [-0.25, -0.2) is 4.79 Å². The van der Waals surface area contributed by atoms with Crippen LogP contribution in [0.2, 0.25) is 0 Å². The Morgan fingerprint density at radius 2 is 1.73 bits per heavy atom. The summed E-state index contributed by atoms with van der Waals surface area (Å²) in [6.07, 6.45) is 6.61. The van der Waals surface area contributed by atoms with E-state index < -0.39 is 0 Å². The standard InChI is InChI=1S/C25H24N2O3/c28-24(19-6-7-20-15-26-11-10-18(20)12-19)21-13-22-8-9-23(14-21)27(22)25(29)30-16-17-4-2-1-3-5-17/h1-7,10-12,15,21-23H,8-9,13-14,16H2. The Bertz CT molecular complexity index is 1070. The van der Waals surface area contributed by atoms with E-state index in [1.165, 1.54) is 0 Å². The summed E-state index contributed by atoms with van der Waals surface area (Å²) in [5, 5.41) is 2.06. The average Bonchev–Trinajstić information content (AvgIpc) is 3.06. The molecule has 2 aliphatic rings. The fraction of sp³-hybridized carbons (Fsp3) is 0.320. The smallest absolute Gasteiger partial charge is 0.410 e. The molecule has 0 spiro atoms. The molecule has 1 amide bonds. The second-order valence-corrected chi connectivity index (χ2v) is 8.30. The first-order valence-electron chi connectivity index (χ1n) is 10.6. The lowest BCUT2D eigenvalue weighted by atomic mass is 9.84. The van der Waals surface area contributed by atoms with Crippen molar-refractivity contribution in [2.45, 2.75) is 44.4 Å². The third-order valence-corrected chi connectivity index (χ3v) is 6.44. The lowest BCUT2D eigenvalue weighted by molar-refractivity contribution is 0.0485. The Balaban J connectivity index is 1.26. The van der Waals surface area contributed by atoms with E-state index in [2.05, 4.69) is 4.98 Å². The Hall–Kier alpha value is -3.21. The maximum Gasteiger partial charge on any atom is 0.410 e. The highest BCUT2D eigenvalue weighted by Crippen LogP contribution is 2.40. The molecule has 1 aromatic heterocycles. The quantitative estimate of drug-likeness (QED) is 0.579. The molecule has 2 unspecified atom stereocenters. The van der Waals surface area contributed by atoms with Gasteiger partial charge in [0.05, 0.1) is 0 Å². The van der Waals surface area contributed by atoms with Crippen molar-refractivity contribution in [3.63, 3.8) is 0 Å². The topological polar surface area (TPSA) is 59.5 Å². The maximum atomic E-state index is 13.2. The monoisotopic (exact) mass is 400 g/mol. The number of benzene rings is 2. The van der Waals surface area contributed by atoms with E-state index in [1.807, 2.05) is 65.7 Å². The predicted molar refractivity (Wildman–Crippen MR) is 114 cm³/mol. The Morgan fingerprint density at radius 3 is 2.50 bits per heavy atom. The summed E-state index contributed by atoms with van der Waals surface area (Å²) in [6, 6.07) is 17.6. The first kappa shape index (κ1) is 18.8. The lowest BCUT2D eigenvalue weighted by Crippen LogP contribution is -2.48. The van der Waals surface area contributed by atoms with Gasteiger partial charge in [0.15, 0.2) is 5.78 Å². The van der Waals surface area contributed by atoms with Crippen LogP contribution in [0.4, 0.5) is 4.79 Å². The zero-order valence-electron chi connectivity index (χ0n) is 16.7. The lowest BCUT2D eigenvalue weighted by Gasteiger charge is -2.37. The molecule has 0 N–H and O–H groups in total. The van der Waals surface area contributed by atoms with E-state index in [0.717, 1.165) is 34.7 Å². The number of hydrogen-bond acceptors (Lipinski definition) is 4. The number of piperidine rings is 1. The van der Waals surface area contributed by atoms with Gasteiger partial charge in [0.1, 0.15) is 6.61 Å². The van der Waals surface area contributed by atoms with Gasteiger partial charge in [-0.1, -0.05) is 42.5 Å². The van der Waals surface area contributed by atoms with Crippen molar-refractivity contribution in [2.75, 3.05) is 0 Å².